The van der Waals surface area contributed by atoms with Crippen molar-refractivity contribution in [2.24, 2.45) is 0 Å². The van der Waals surface area contributed by atoms with E-state index in [1.54, 1.807) is 0 Å². The van der Waals surface area contributed by atoms with Crippen LogP contribution in [0.4, 0.5) is 5.69 Å². The lowest BCUT2D eigenvalue weighted by Crippen LogP contribution is -2.38. The molecule has 1 aliphatic heterocycles. The highest BCUT2D eigenvalue weighted by molar-refractivity contribution is 9.10. The molecule has 104 valence electrons. The summed E-state index contributed by atoms with van der Waals surface area (Å²) in [6, 6.07) is 5.85. The van der Waals surface area contributed by atoms with E-state index in [2.05, 4.69) is 25.7 Å². The van der Waals surface area contributed by atoms with Crippen LogP contribution in [0.15, 0.2) is 22.7 Å². The fourth-order valence-electron chi connectivity index (χ4n) is 2.65. The normalized spacial score (nSPS) is 23.1. The van der Waals surface area contributed by atoms with Gasteiger partial charge in [0.05, 0.1) is 6.10 Å². The van der Waals surface area contributed by atoms with Crippen LogP contribution in [-0.4, -0.2) is 55.6 Å². The van der Waals surface area contributed by atoms with Crippen LogP contribution in [-0.2, 0) is 0 Å². The highest BCUT2D eigenvalue weighted by atomic mass is 79.9. The van der Waals surface area contributed by atoms with Crippen LogP contribution in [0.5, 0.6) is 0 Å². The van der Waals surface area contributed by atoms with Crippen LogP contribution in [0, 0.1) is 0 Å². The molecule has 5 heteroatoms. The number of aldehydes is 1. The molecule has 19 heavy (non-hydrogen) atoms. The van der Waals surface area contributed by atoms with E-state index in [1.165, 1.54) is 0 Å². The summed E-state index contributed by atoms with van der Waals surface area (Å²) in [5.41, 5.74) is 1.56. The SMILES string of the molecule is CN(C)CC1CC(O)CN1c1cc(Br)ccc1C=O. The predicted octanol–water partition coefficient (Wildman–Crippen LogP) is 1.76. The average molecular weight is 327 g/mol. The first-order chi connectivity index (χ1) is 9.01. The van der Waals surface area contributed by atoms with E-state index in [4.69, 9.17) is 0 Å². The number of aliphatic hydroxyl groups excluding tert-OH is 1. The second-order valence-corrected chi connectivity index (χ2v) is 6.19. The van der Waals surface area contributed by atoms with Gasteiger partial charge in [-0.05, 0) is 38.7 Å². The van der Waals surface area contributed by atoms with Gasteiger partial charge in [0.25, 0.3) is 0 Å². The van der Waals surface area contributed by atoms with Crippen molar-refractivity contribution in [1.29, 1.82) is 0 Å². The zero-order chi connectivity index (χ0) is 14.0. The Balaban J connectivity index is 2.32. The van der Waals surface area contributed by atoms with Gasteiger partial charge in [-0.1, -0.05) is 15.9 Å². The van der Waals surface area contributed by atoms with Gasteiger partial charge in [-0.2, -0.15) is 0 Å². The summed E-state index contributed by atoms with van der Waals surface area (Å²) in [7, 11) is 4.04. The lowest BCUT2D eigenvalue weighted by Gasteiger charge is -2.29. The van der Waals surface area contributed by atoms with Gasteiger partial charge in [-0.25, -0.2) is 0 Å². The van der Waals surface area contributed by atoms with Crippen molar-refractivity contribution in [3.05, 3.63) is 28.2 Å². The number of β-amino-alcohol motifs (C(OH)–C–C–N with tert-alkyl or cyclic N) is 1. The number of hydrogen-bond acceptors (Lipinski definition) is 4. The summed E-state index contributed by atoms with van der Waals surface area (Å²) in [5, 5.41) is 9.92. The molecule has 4 nitrogen and oxygen atoms in total. The number of aliphatic hydroxyl groups is 1. The first kappa shape index (κ1) is 14.5. The first-order valence-electron chi connectivity index (χ1n) is 6.35. The largest absolute Gasteiger partial charge is 0.391 e. The van der Waals surface area contributed by atoms with Crippen molar-refractivity contribution in [2.75, 3.05) is 32.1 Å². The van der Waals surface area contributed by atoms with E-state index in [9.17, 15) is 9.90 Å². The average Bonchev–Trinajstić information content (AvgIpc) is 2.69. The first-order valence-corrected chi connectivity index (χ1v) is 7.14. The molecule has 0 radical (unpaired) electrons. The smallest absolute Gasteiger partial charge is 0.152 e. The van der Waals surface area contributed by atoms with E-state index in [1.807, 2.05) is 32.3 Å². The molecule has 2 atom stereocenters. The molecule has 2 unspecified atom stereocenters. The number of carbonyl (C=O) groups excluding carboxylic acids is 1. The zero-order valence-corrected chi connectivity index (χ0v) is 12.8. The Hall–Kier alpha value is -0.910. The van der Waals surface area contributed by atoms with E-state index >= 15 is 0 Å². The van der Waals surface area contributed by atoms with Gasteiger partial charge < -0.3 is 14.9 Å². The fourth-order valence-corrected chi connectivity index (χ4v) is 3.00. The van der Waals surface area contributed by atoms with Gasteiger partial charge in [0.15, 0.2) is 6.29 Å². The minimum atomic E-state index is -0.330. The number of anilines is 1. The van der Waals surface area contributed by atoms with E-state index in [0.717, 1.165) is 29.4 Å². The number of rotatable bonds is 4. The summed E-state index contributed by atoms with van der Waals surface area (Å²) >= 11 is 3.44. The minimum absolute atomic E-state index is 0.234. The molecule has 1 N–H and O–H groups in total. The molecule has 0 aliphatic carbocycles. The van der Waals surface area contributed by atoms with E-state index < -0.39 is 0 Å². The van der Waals surface area contributed by atoms with Gasteiger partial charge in [0, 0.05) is 34.9 Å². The van der Waals surface area contributed by atoms with Crippen LogP contribution in [0.3, 0.4) is 0 Å². The summed E-state index contributed by atoms with van der Waals surface area (Å²) in [4.78, 5) is 15.4. The molecule has 0 aromatic heterocycles. The number of benzene rings is 1. The highest BCUT2D eigenvalue weighted by Crippen LogP contribution is 2.31. The van der Waals surface area contributed by atoms with Crippen LogP contribution in [0.1, 0.15) is 16.8 Å². The van der Waals surface area contributed by atoms with Crippen molar-refractivity contribution in [1.82, 2.24) is 4.90 Å². The maximum atomic E-state index is 11.2. The van der Waals surface area contributed by atoms with Gasteiger partial charge >= 0.3 is 0 Å². The number of nitrogens with zero attached hydrogens (tertiary/aromatic N) is 2. The lowest BCUT2D eigenvalue weighted by molar-refractivity contribution is 0.112. The van der Waals surface area contributed by atoms with Crippen molar-refractivity contribution in [3.8, 4) is 0 Å². The van der Waals surface area contributed by atoms with Gasteiger partial charge in [-0.15, -0.1) is 0 Å². The third-order valence-corrected chi connectivity index (χ3v) is 3.89. The van der Waals surface area contributed by atoms with Crippen LogP contribution in [0.2, 0.25) is 0 Å². The Bertz CT molecular complexity index is 465. The topological polar surface area (TPSA) is 43.8 Å². The van der Waals surface area contributed by atoms with Crippen molar-refractivity contribution in [2.45, 2.75) is 18.6 Å². The second-order valence-electron chi connectivity index (χ2n) is 5.28. The molecule has 1 fully saturated rings. The monoisotopic (exact) mass is 326 g/mol. The highest BCUT2D eigenvalue weighted by Gasteiger charge is 2.32. The minimum Gasteiger partial charge on any atom is -0.391 e. The molecule has 0 saturated carbocycles. The molecule has 0 spiro atoms. The van der Waals surface area contributed by atoms with E-state index in [0.29, 0.717) is 12.1 Å². The van der Waals surface area contributed by atoms with Gasteiger partial charge in [0.1, 0.15) is 0 Å². The standard InChI is InChI=1S/C14H19BrN2O2/c1-16(2)7-12-6-13(19)8-17(12)14-5-11(15)4-3-10(14)9-18/h3-5,9,12-13,19H,6-8H2,1-2H3. The summed E-state index contributed by atoms with van der Waals surface area (Å²) in [6.45, 7) is 1.44. The molecular weight excluding hydrogens is 308 g/mol. The van der Waals surface area contributed by atoms with Gasteiger partial charge in [-0.3, -0.25) is 4.79 Å². The molecular formula is C14H19BrN2O2. The Kier molecular flexibility index (Phi) is 4.60. The molecule has 1 saturated heterocycles. The molecule has 0 bridgehead atoms. The number of halogens is 1. The molecule has 1 aliphatic rings. The molecule has 1 aromatic carbocycles. The maximum absolute atomic E-state index is 11.2. The molecule has 2 rings (SSSR count). The summed E-state index contributed by atoms with van der Waals surface area (Å²) in [6.07, 6.45) is 1.28. The van der Waals surface area contributed by atoms with Crippen molar-refractivity contribution >= 4 is 27.9 Å². The Labute approximate surface area is 122 Å². The van der Waals surface area contributed by atoms with Crippen molar-refractivity contribution < 1.29 is 9.90 Å². The summed E-state index contributed by atoms with van der Waals surface area (Å²) < 4.78 is 0.943. The maximum Gasteiger partial charge on any atom is 0.152 e. The number of hydrogen-bond donors (Lipinski definition) is 1. The molecule has 0 amide bonds. The zero-order valence-electron chi connectivity index (χ0n) is 11.2. The lowest BCUT2D eigenvalue weighted by atomic mass is 10.1. The quantitative estimate of drug-likeness (QED) is 0.856. The molecule has 1 aromatic rings. The second kappa shape index (κ2) is 6.03. The Morgan fingerprint density at radius 3 is 2.89 bits per heavy atom. The Morgan fingerprint density at radius 1 is 1.53 bits per heavy atom. The Morgan fingerprint density at radius 2 is 2.26 bits per heavy atom. The van der Waals surface area contributed by atoms with Crippen LogP contribution < -0.4 is 4.90 Å². The van der Waals surface area contributed by atoms with E-state index in [-0.39, 0.29) is 12.1 Å². The fraction of sp³-hybridized carbons (Fsp3) is 0.500. The van der Waals surface area contributed by atoms with Crippen molar-refractivity contribution in [3.63, 3.8) is 0 Å². The van der Waals surface area contributed by atoms with Crippen LogP contribution in [0.25, 0.3) is 0 Å². The third kappa shape index (κ3) is 3.35. The summed E-state index contributed by atoms with van der Waals surface area (Å²) in [5.74, 6) is 0. The van der Waals surface area contributed by atoms with Gasteiger partial charge in [0.2, 0.25) is 0 Å². The number of carbonyl (C=O) groups is 1. The third-order valence-electron chi connectivity index (χ3n) is 3.40. The number of likely N-dealkylation sites (N-methyl/N-ethyl adjacent to an activating group) is 1. The predicted molar refractivity (Wildman–Crippen MR) is 79.8 cm³/mol. The van der Waals surface area contributed by atoms with Crippen LogP contribution >= 0.6 is 15.9 Å². The molecule has 1 heterocycles.